The van der Waals surface area contributed by atoms with Crippen molar-refractivity contribution in [1.29, 1.82) is 0 Å². The first kappa shape index (κ1) is 22.0. The molecule has 3 aromatic rings. The molecule has 0 bridgehead atoms. The molecule has 3 rings (SSSR count). The first-order valence-corrected chi connectivity index (χ1v) is 9.95. The number of halogens is 2. The van der Waals surface area contributed by atoms with Crippen molar-refractivity contribution in [3.05, 3.63) is 58.1 Å². The lowest BCUT2D eigenvalue weighted by molar-refractivity contribution is -0.179. The molecule has 2 aromatic carbocycles. The molecular formula is C20H19Cl2N3O5. The normalized spacial score (nSPS) is 12.2. The molecule has 158 valence electrons. The Morgan fingerprint density at radius 3 is 2.30 bits per heavy atom. The second kappa shape index (κ2) is 9.88. The van der Waals surface area contributed by atoms with Gasteiger partial charge in [0.25, 0.3) is 6.10 Å². The average molecular weight is 452 g/mol. The van der Waals surface area contributed by atoms with Crippen molar-refractivity contribution < 1.29 is 23.8 Å². The van der Waals surface area contributed by atoms with E-state index < -0.39 is 24.3 Å². The number of benzene rings is 2. The van der Waals surface area contributed by atoms with Crippen LogP contribution in [0.3, 0.4) is 0 Å². The highest BCUT2D eigenvalue weighted by molar-refractivity contribution is 6.42. The van der Waals surface area contributed by atoms with Crippen LogP contribution in [0.4, 0.5) is 0 Å². The average Bonchev–Trinajstić information content (AvgIpc) is 3.15. The second-order valence-electron chi connectivity index (χ2n) is 6.07. The quantitative estimate of drug-likeness (QED) is 0.379. The van der Waals surface area contributed by atoms with Gasteiger partial charge in [-0.15, -0.1) is 5.10 Å². The predicted octanol–water partition coefficient (Wildman–Crippen LogP) is 3.80. The van der Waals surface area contributed by atoms with E-state index in [2.05, 4.69) is 10.3 Å². The maximum atomic E-state index is 12.4. The van der Waals surface area contributed by atoms with Crippen LogP contribution in [-0.4, -0.2) is 46.3 Å². The Hall–Kier alpha value is -2.68. The van der Waals surface area contributed by atoms with Crippen LogP contribution < -0.4 is 0 Å². The highest BCUT2D eigenvalue weighted by Crippen LogP contribution is 2.30. The van der Waals surface area contributed by atoms with E-state index in [9.17, 15) is 9.59 Å². The van der Waals surface area contributed by atoms with Crippen molar-refractivity contribution in [3.8, 4) is 0 Å². The lowest BCUT2D eigenvalue weighted by atomic mass is 10.2. The van der Waals surface area contributed by atoms with Crippen LogP contribution in [0, 0.1) is 0 Å². The van der Waals surface area contributed by atoms with Crippen LogP contribution in [0.2, 0.25) is 10.0 Å². The fourth-order valence-corrected chi connectivity index (χ4v) is 3.08. The largest absolute Gasteiger partial charge is 0.464 e. The molecule has 1 atom stereocenters. The minimum absolute atomic E-state index is 0.0712. The minimum atomic E-state index is -1.63. The van der Waals surface area contributed by atoms with Crippen LogP contribution in [0.5, 0.6) is 0 Å². The molecule has 0 fully saturated rings. The lowest BCUT2D eigenvalue weighted by Gasteiger charge is -2.23. The standard InChI is InChI=1S/C20H19Cl2N3O5/c1-3-28-19(26)17(20(27)29-4-2)30-18(12-9-10-13(21)14(22)11-12)25-16-8-6-5-7-15(16)23-24-25/h5-11,17-18H,3-4H2,1-2H3/t18-/m0/s1. The Morgan fingerprint density at radius 2 is 1.67 bits per heavy atom. The Balaban J connectivity index is 2.09. The molecule has 0 radical (unpaired) electrons. The summed E-state index contributed by atoms with van der Waals surface area (Å²) in [5.41, 5.74) is 1.73. The van der Waals surface area contributed by atoms with Crippen LogP contribution in [0.15, 0.2) is 42.5 Å². The van der Waals surface area contributed by atoms with Crippen molar-refractivity contribution in [2.75, 3.05) is 13.2 Å². The molecule has 1 heterocycles. The molecule has 0 amide bonds. The molecule has 0 unspecified atom stereocenters. The van der Waals surface area contributed by atoms with Gasteiger partial charge in [0, 0.05) is 5.56 Å². The van der Waals surface area contributed by atoms with E-state index in [0.717, 1.165) is 0 Å². The van der Waals surface area contributed by atoms with Gasteiger partial charge in [0.1, 0.15) is 5.52 Å². The molecule has 0 aliphatic carbocycles. The summed E-state index contributed by atoms with van der Waals surface area (Å²) in [7, 11) is 0. The van der Waals surface area contributed by atoms with Crippen LogP contribution in [0.25, 0.3) is 11.0 Å². The molecular weight excluding hydrogens is 433 g/mol. The summed E-state index contributed by atoms with van der Waals surface area (Å²) in [6.45, 7) is 3.40. The Morgan fingerprint density at radius 1 is 1.00 bits per heavy atom. The maximum absolute atomic E-state index is 12.4. The highest BCUT2D eigenvalue weighted by Gasteiger charge is 2.35. The highest BCUT2D eigenvalue weighted by atomic mass is 35.5. The third kappa shape index (κ3) is 4.72. The number of hydrogen-bond acceptors (Lipinski definition) is 7. The molecule has 0 saturated carbocycles. The predicted molar refractivity (Wildman–Crippen MR) is 110 cm³/mol. The molecule has 1 aromatic heterocycles. The molecule has 10 heteroatoms. The van der Waals surface area contributed by atoms with Crippen LogP contribution >= 0.6 is 23.2 Å². The Bertz CT molecular complexity index is 1040. The van der Waals surface area contributed by atoms with Crippen LogP contribution in [0.1, 0.15) is 25.6 Å². The Labute approximate surface area is 182 Å². The molecule has 0 aliphatic rings. The zero-order valence-corrected chi connectivity index (χ0v) is 17.8. The van der Waals surface area contributed by atoms with Crippen molar-refractivity contribution in [2.45, 2.75) is 26.2 Å². The van der Waals surface area contributed by atoms with Crippen molar-refractivity contribution in [3.63, 3.8) is 0 Å². The summed E-state index contributed by atoms with van der Waals surface area (Å²) in [6, 6.07) is 12.0. The van der Waals surface area contributed by atoms with E-state index in [1.807, 2.05) is 12.1 Å². The monoisotopic (exact) mass is 451 g/mol. The number of rotatable bonds is 8. The zero-order valence-electron chi connectivity index (χ0n) is 16.2. The third-order valence-electron chi connectivity index (χ3n) is 4.09. The first-order valence-electron chi connectivity index (χ1n) is 9.19. The summed E-state index contributed by atoms with van der Waals surface area (Å²) in [5.74, 6) is -1.74. The number of aromatic nitrogens is 3. The minimum Gasteiger partial charge on any atom is -0.464 e. The third-order valence-corrected chi connectivity index (χ3v) is 4.83. The van der Waals surface area contributed by atoms with Gasteiger partial charge in [-0.05, 0) is 38.1 Å². The molecule has 8 nitrogen and oxygen atoms in total. The number of carbonyl (C=O) groups is 2. The van der Waals surface area contributed by atoms with Crippen LogP contribution in [-0.2, 0) is 23.8 Å². The van der Waals surface area contributed by atoms with Crippen molar-refractivity contribution in [2.24, 2.45) is 0 Å². The van der Waals surface area contributed by atoms with Gasteiger partial charge in [-0.2, -0.15) is 0 Å². The van der Waals surface area contributed by atoms with E-state index >= 15 is 0 Å². The number of hydrogen-bond donors (Lipinski definition) is 0. The number of para-hydroxylation sites is 1. The van der Waals surface area contributed by atoms with Gasteiger partial charge < -0.3 is 14.2 Å². The molecule has 0 aliphatic heterocycles. The Kier molecular flexibility index (Phi) is 7.25. The molecule has 0 N–H and O–H groups in total. The first-order chi connectivity index (χ1) is 14.5. The SMILES string of the molecule is CCOC(=O)C(O[C@@H](c1ccc(Cl)c(Cl)c1)n1nnc2ccccc21)C(=O)OCC. The van der Waals surface area contributed by atoms with Gasteiger partial charge in [0.15, 0.2) is 6.23 Å². The molecule has 0 saturated heterocycles. The fraction of sp³-hybridized carbons (Fsp3) is 0.300. The number of ether oxygens (including phenoxy) is 3. The summed E-state index contributed by atoms with van der Waals surface area (Å²) in [4.78, 5) is 24.9. The van der Waals surface area contributed by atoms with Gasteiger partial charge in [0.05, 0.1) is 28.8 Å². The summed E-state index contributed by atoms with van der Waals surface area (Å²) >= 11 is 12.2. The van der Waals surface area contributed by atoms with Gasteiger partial charge in [-0.1, -0.05) is 46.6 Å². The van der Waals surface area contributed by atoms with Gasteiger partial charge in [0.2, 0.25) is 0 Å². The fourth-order valence-electron chi connectivity index (χ4n) is 2.78. The maximum Gasteiger partial charge on any atom is 0.347 e. The van der Waals surface area contributed by atoms with E-state index in [4.69, 9.17) is 37.4 Å². The molecule has 30 heavy (non-hydrogen) atoms. The topological polar surface area (TPSA) is 92.5 Å². The van der Waals surface area contributed by atoms with E-state index in [1.165, 1.54) is 4.68 Å². The second-order valence-corrected chi connectivity index (χ2v) is 6.88. The van der Waals surface area contributed by atoms with Crippen molar-refractivity contribution in [1.82, 2.24) is 15.0 Å². The smallest absolute Gasteiger partial charge is 0.347 e. The van der Waals surface area contributed by atoms with Gasteiger partial charge in [-0.25, -0.2) is 14.3 Å². The van der Waals surface area contributed by atoms with E-state index in [0.29, 0.717) is 21.6 Å². The zero-order chi connectivity index (χ0) is 21.7. The lowest BCUT2D eigenvalue weighted by Crippen LogP contribution is -2.38. The summed E-state index contributed by atoms with van der Waals surface area (Å²) in [5, 5.41) is 8.88. The van der Waals surface area contributed by atoms with E-state index in [1.54, 1.807) is 44.2 Å². The number of esters is 2. The summed E-state index contributed by atoms with van der Waals surface area (Å²) < 4.78 is 17.4. The van der Waals surface area contributed by atoms with E-state index in [-0.39, 0.29) is 18.2 Å². The summed E-state index contributed by atoms with van der Waals surface area (Å²) in [6.07, 6.45) is -2.67. The number of nitrogens with zero attached hydrogens (tertiary/aromatic N) is 3. The molecule has 0 spiro atoms. The van der Waals surface area contributed by atoms with Crippen molar-refractivity contribution >= 4 is 46.2 Å². The number of fused-ring (bicyclic) bond motifs is 1. The van der Waals surface area contributed by atoms with Gasteiger partial charge >= 0.3 is 11.9 Å². The van der Waals surface area contributed by atoms with Gasteiger partial charge in [-0.3, -0.25) is 0 Å². The number of carbonyl (C=O) groups excluding carboxylic acids is 2.